The zero-order chi connectivity index (χ0) is 14.7. The maximum absolute atomic E-state index is 11.2. The molecule has 1 saturated heterocycles. The Morgan fingerprint density at radius 1 is 1.45 bits per heavy atom. The molecule has 7 heteroatoms. The molecular weight excluding hydrogens is 258 g/mol. The van der Waals surface area contributed by atoms with Crippen LogP contribution in [0.25, 0.3) is 0 Å². The summed E-state index contributed by atoms with van der Waals surface area (Å²) in [6.07, 6.45) is 2.49. The molecule has 0 spiro atoms. The molecule has 2 heterocycles. The minimum Gasteiger partial charge on any atom is -0.363 e. The van der Waals surface area contributed by atoms with Crippen LogP contribution >= 0.6 is 0 Å². The molecule has 2 rings (SSSR count). The molecule has 0 bridgehead atoms. The van der Waals surface area contributed by atoms with Crippen molar-refractivity contribution in [3.63, 3.8) is 0 Å². The molecule has 7 nitrogen and oxygen atoms in total. The third kappa shape index (κ3) is 2.92. The Kier molecular flexibility index (Phi) is 4.59. The van der Waals surface area contributed by atoms with E-state index < -0.39 is 0 Å². The standard InChI is InChI=1S/C13H23N5O2/c1-4-17-13(12(18(19)20)11(3)15-17)14-9-10(2)16-7-5-6-8-16/h10,14H,4-9H2,1-3H3. The van der Waals surface area contributed by atoms with E-state index in [1.54, 1.807) is 11.6 Å². The number of likely N-dealkylation sites (tertiary alicyclic amines) is 1. The third-order valence-electron chi connectivity index (χ3n) is 3.91. The first-order valence-corrected chi connectivity index (χ1v) is 7.24. The highest BCUT2D eigenvalue weighted by molar-refractivity contribution is 5.59. The van der Waals surface area contributed by atoms with E-state index in [0.29, 0.717) is 30.6 Å². The van der Waals surface area contributed by atoms with Crippen molar-refractivity contribution in [1.29, 1.82) is 0 Å². The summed E-state index contributed by atoms with van der Waals surface area (Å²) in [5.74, 6) is 0.529. The Morgan fingerprint density at radius 3 is 2.65 bits per heavy atom. The van der Waals surface area contributed by atoms with Crippen molar-refractivity contribution < 1.29 is 4.92 Å². The van der Waals surface area contributed by atoms with E-state index in [0.717, 1.165) is 13.1 Å². The molecule has 112 valence electrons. The van der Waals surface area contributed by atoms with Gasteiger partial charge in [-0.25, -0.2) is 4.68 Å². The highest BCUT2D eigenvalue weighted by atomic mass is 16.6. The Hall–Kier alpha value is -1.63. The number of anilines is 1. The van der Waals surface area contributed by atoms with Crippen molar-refractivity contribution in [2.45, 2.75) is 46.2 Å². The van der Waals surface area contributed by atoms with Crippen molar-refractivity contribution >= 4 is 11.5 Å². The van der Waals surface area contributed by atoms with Crippen LogP contribution in [0.4, 0.5) is 11.5 Å². The second-order valence-electron chi connectivity index (χ2n) is 5.33. The molecule has 1 aromatic heterocycles. The Morgan fingerprint density at radius 2 is 2.10 bits per heavy atom. The summed E-state index contributed by atoms with van der Waals surface area (Å²) in [5, 5.41) is 18.6. The fourth-order valence-electron chi connectivity index (χ4n) is 2.75. The van der Waals surface area contributed by atoms with Gasteiger partial charge in [0.2, 0.25) is 5.82 Å². The van der Waals surface area contributed by atoms with Gasteiger partial charge in [-0.3, -0.25) is 15.0 Å². The van der Waals surface area contributed by atoms with Crippen LogP contribution in [0.2, 0.25) is 0 Å². The molecule has 0 saturated carbocycles. The summed E-state index contributed by atoms with van der Waals surface area (Å²) in [6, 6.07) is 0.373. The first kappa shape index (κ1) is 14.8. The highest BCUT2D eigenvalue weighted by Gasteiger charge is 2.26. The van der Waals surface area contributed by atoms with Gasteiger partial charge in [0.1, 0.15) is 5.69 Å². The summed E-state index contributed by atoms with van der Waals surface area (Å²) in [7, 11) is 0. The molecule has 20 heavy (non-hydrogen) atoms. The van der Waals surface area contributed by atoms with Gasteiger partial charge in [0.25, 0.3) is 0 Å². The molecule has 0 radical (unpaired) electrons. The second kappa shape index (κ2) is 6.21. The Bertz CT molecular complexity index is 479. The van der Waals surface area contributed by atoms with Crippen LogP contribution in [0.1, 0.15) is 32.4 Å². The predicted molar refractivity (Wildman–Crippen MR) is 78.1 cm³/mol. The van der Waals surface area contributed by atoms with Crippen molar-refractivity contribution in [2.75, 3.05) is 25.0 Å². The summed E-state index contributed by atoms with van der Waals surface area (Å²) >= 11 is 0. The topological polar surface area (TPSA) is 76.2 Å². The van der Waals surface area contributed by atoms with Crippen molar-refractivity contribution in [3.8, 4) is 0 Å². The molecule has 1 aliphatic heterocycles. The van der Waals surface area contributed by atoms with Crippen molar-refractivity contribution in [1.82, 2.24) is 14.7 Å². The van der Waals surface area contributed by atoms with Crippen LogP contribution in [0, 0.1) is 17.0 Å². The lowest BCUT2D eigenvalue weighted by atomic mass is 10.3. The van der Waals surface area contributed by atoms with Crippen LogP contribution in [0.5, 0.6) is 0 Å². The molecule has 0 amide bonds. The van der Waals surface area contributed by atoms with E-state index in [1.807, 2.05) is 6.92 Å². The van der Waals surface area contributed by atoms with E-state index >= 15 is 0 Å². The van der Waals surface area contributed by atoms with Gasteiger partial charge >= 0.3 is 5.69 Å². The summed E-state index contributed by atoms with van der Waals surface area (Å²) < 4.78 is 1.67. The van der Waals surface area contributed by atoms with E-state index in [2.05, 4.69) is 22.2 Å². The quantitative estimate of drug-likeness (QED) is 0.637. The Labute approximate surface area is 119 Å². The van der Waals surface area contributed by atoms with Gasteiger partial charge in [-0.1, -0.05) is 0 Å². The third-order valence-corrected chi connectivity index (χ3v) is 3.91. The highest BCUT2D eigenvalue weighted by Crippen LogP contribution is 2.28. The van der Waals surface area contributed by atoms with Crippen LogP contribution in [-0.4, -0.2) is 45.3 Å². The minimum absolute atomic E-state index is 0.0977. The lowest BCUT2D eigenvalue weighted by molar-refractivity contribution is -0.384. The maximum atomic E-state index is 11.2. The molecular formula is C13H23N5O2. The largest absolute Gasteiger partial charge is 0.363 e. The van der Waals surface area contributed by atoms with Crippen molar-refractivity contribution in [2.24, 2.45) is 0 Å². The average molecular weight is 281 g/mol. The number of nitro groups is 1. The number of aryl methyl sites for hydroxylation is 2. The summed E-state index contributed by atoms with van der Waals surface area (Å²) in [6.45, 7) is 9.34. The summed E-state index contributed by atoms with van der Waals surface area (Å²) in [5.41, 5.74) is 0.564. The van der Waals surface area contributed by atoms with Gasteiger partial charge in [0.15, 0.2) is 0 Å². The normalized spacial score (nSPS) is 17.4. The molecule has 1 atom stereocenters. The predicted octanol–water partition coefficient (Wildman–Crippen LogP) is 2.02. The van der Waals surface area contributed by atoms with Gasteiger partial charge in [0.05, 0.1) is 4.92 Å². The number of aromatic nitrogens is 2. The van der Waals surface area contributed by atoms with Crippen LogP contribution < -0.4 is 5.32 Å². The average Bonchev–Trinajstić information content (AvgIpc) is 3.02. The maximum Gasteiger partial charge on any atom is 0.333 e. The smallest absolute Gasteiger partial charge is 0.333 e. The van der Waals surface area contributed by atoms with Gasteiger partial charge in [-0.05, 0) is 46.7 Å². The molecule has 1 aliphatic rings. The van der Waals surface area contributed by atoms with Gasteiger partial charge in [-0.15, -0.1) is 0 Å². The molecule has 0 aliphatic carbocycles. The van der Waals surface area contributed by atoms with Crippen LogP contribution in [0.15, 0.2) is 0 Å². The first-order valence-electron chi connectivity index (χ1n) is 7.24. The monoisotopic (exact) mass is 281 g/mol. The lowest BCUT2D eigenvalue weighted by Crippen LogP contribution is -2.36. The van der Waals surface area contributed by atoms with Crippen LogP contribution in [0.3, 0.4) is 0 Å². The SMILES string of the molecule is CCn1nc(C)c([N+](=O)[O-])c1NCC(C)N1CCCC1. The molecule has 0 aromatic carbocycles. The fourth-order valence-corrected chi connectivity index (χ4v) is 2.75. The number of hydrogen-bond acceptors (Lipinski definition) is 5. The van der Waals surface area contributed by atoms with E-state index in [9.17, 15) is 10.1 Å². The second-order valence-corrected chi connectivity index (χ2v) is 5.33. The molecule has 1 N–H and O–H groups in total. The lowest BCUT2D eigenvalue weighted by Gasteiger charge is -2.24. The van der Waals surface area contributed by atoms with E-state index in [4.69, 9.17) is 0 Å². The number of nitrogens with zero attached hydrogens (tertiary/aromatic N) is 4. The van der Waals surface area contributed by atoms with Gasteiger partial charge in [-0.2, -0.15) is 5.10 Å². The van der Waals surface area contributed by atoms with E-state index in [1.165, 1.54) is 12.8 Å². The van der Waals surface area contributed by atoms with Gasteiger partial charge in [0, 0.05) is 19.1 Å². The number of nitrogens with one attached hydrogen (secondary N) is 1. The molecule has 1 fully saturated rings. The fraction of sp³-hybridized carbons (Fsp3) is 0.769. The zero-order valence-electron chi connectivity index (χ0n) is 12.4. The van der Waals surface area contributed by atoms with Gasteiger partial charge < -0.3 is 5.32 Å². The van der Waals surface area contributed by atoms with Crippen molar-refractivity contribution in [3.05, 3.63) is 15.8 Å². The zero-order valence-corrected chi connectivity index (χ0v) is 12.4. The molecule has 1 aromatic rings. The molecule has 1 unspecified atom stereocenters. The van der Waals surface area contributed by atoms with E-state index in [-0.39, 0.29) is 10.6 Å². The minimum atomic E-state index is -0.350. The number of rotatable bonds is 6. The number of hydrogen-bond donors (Lipinski definition) is 1. The summed E-state index contributed by atoms with van der Waals surface area (Å²) in [4.78, 5) is 13.2. The first-order chi connectivity index (χ1) is 9.54. The Balaban J connectivity index is 2.09. The van der Waals surface area contributed by atoms with Crippen LogP contribution in [-0.2, 0) is 6.54 Å².